The molecule has 1 saturated heterocycles. The number of carbonyl (C=O) groups is 2. The molecular weight excluding hydrogens is 304 g/mol. The van der Waals surface area contributed by atoms with Crippen LogP contribution in [0.1, 0.15) is 23.2 Å². The van der Waals surface area contributed by atoms with Crippen molar-refractivity contribution in [1.82, 2.24) is 4.98 Å². The minimum atomic E-state index is -0.954. The minimum absolute atomic E-state index is 0.00815. The van der Waals surface area contributed by atoms with E-state index in [-0.39, 0.29) is 17.3 Å². The third kappa shape index (κ3) is 3.18. The number of halogens is 2. The summed E-state index contributed by atoms with van der Waals surface area (Å²) in [5, 5.41) is 2.29. The number of hydrogen-bond donors (Lipinski definition) is 1. The number of nitrogens with one attached hydrogen (secondary N) is 1. The summed E-state index contributed by atoms with van der Waals surface area (Å²) in [6, 6.07) is 7.11. The monoisotopic (exact) mass is 317 g/mol. The van der Waals surface area contributed by atoms with E-state index in [0.29, 0.717) is 24.7 Å². The predicted octanol–water partition coefficient (Wildman–Crippen LogP) is 2.74. The molecule has 2 aromatic rings. The number of pyridine rings is 1. The molecular formula is C16H13F2N3O2. The van der Waals surface area contributed by atoms with Gasteiger partial charge < -0.3 is 10.2 Å². The van der Waals surface area contributed by atoms with Gasteiger partial charge in [0, 0.05) is 30.3 Å². The first-order chi connectivity index (χ1) is 11.0. The lowest BCUT2D eigenvalue weighted by molar-refractivity contribution is -0.117. The van der Waals surface area contributed by atoms with Crippen molar-refractivity contribution >= 4 is 23.3 Å². The summed E-state index contributed by atoms with van der Waals surface area (Å²) in [5.74, 6) is -2.70. The topological polar surface area (TPSA) is 62.3 Å². The van der Waals surface area contributed by atoms with Crippen molar-refractivity contribution in [2.45, 2.75) is 12.8 Å². The molecule has 1 aromatic heterocycles. The Bertz CT molecular complexity index is 780. The zero-order chi connectivity index (χ0) is 16.4. The van der Waals surface area contributed by atoms with Crippen LogP contribution in [0.4, 0.5) is 20.3 Å². The summed E-state index contributed by atoms with van der Waals surface area (Å²) < 4.78 is 26.4. The number of rotatable bonds is 3. The number of carbonyl (C=O) groups excluding carboxylic acids is 2. The maximum Gasteiger partial charge on any atom is 0.256 e. The van der Waals surface area contributed by atoms with Crippen LogP contribution in [0, 0.1) is 11.6 Å². The predicted molar refractivity (Wildman–Crippen MR) is 80.1 cm³/mol. The molecule has 1 aliphatic rings. The van der Waals surface area contributed by atoms with Gasteiger partial charge in [-0.25, -0.2) is 13.8 Å². The van der Waals surface area contributed by atoms with Gasteiger partial charge in [0.2, 0.25) is 5.91 Å². The Morgan fingerprint density at radius 2 is 2.09 bits per heavy atom. The average molecular weight is 317 g/mol. The molecule has 1 aliphatic heterocycles. The van der Waals surface area contributed by atoms with E-state index in [1.807, 2.05) is 0 Å². The lowest BCUT2D eigenvalue weighted by Gasteiger charge is -2.16. The van der Waals surface area contributed by atoms with E-state index in [9.17, 15) is 18.4 Å². The Labute approximate surface area is 130 Å². The first-order valence-electron chi connectivity index (χ1n) is 7.07. The molecule has 23 heavy (non-hydrogen) atoms. The molecule has 0 radical (unpaired) electrons. The highest BCUT2D eigenvalue weighted by Crippen LogP contribution is 2.23. The number of benzene rings is 1. The van der Waals surface area contributed by atoms with Crippen LogP contribution in [-0.2, 0) is 4.79 Å². The summed E-state index contributed by atoms with van der Waals surface area (Å²) in [6.45, 7) is 0.609. The lowest BCUT2D eigenvalue weighted by Crippen LogP contribution is -2.24. The second-order valence-corrected chi connectivity index (χ2v) is 5.14. The highest BCUT2D eigenvalue weighted by molar-refractivity contribution is 6.05. The average Bonchev–Trinajstić information content (AvgIpc) is 2.96. The van der Waals surface area contributed by atoms with Crippen LogP contribution in [0.5, 0.6) is 0 Å². The molecule has 1 N–H and O–H groups in total. The molecule has 3 rings (SSSR count). The molecule has 0 spiro atoms. The fourth-order valence-electron chi connectivity index (χ4n) is 2.42. The Morgan fingerprint density at radius 3 is 2.78 bits per heavy atom. The molecule has 0 atom stereocenters. The number of amides is 2. The van der Waals surface area contributed by atoms with Crippen molar-refractivity contribution in [1.29, 1.82) is 0 Å². The van der Waals surface area contributed by atoms with Crippen LogP contribution in [0.25, 0.3) is 0 Å². The second kappa shape index (κ2) is 6.12. The van der Waals surface area contributed by atoms with Crippen molar-refractivity contribution in [2.24, 2.45) is 0 Å². The molecule has 0 unspecified atom stereocenters. The third-order valence-corrected chi connectivity index (χ3v) is 3.53. The maximum absolute atomic E-state index is 13.5. The fourth-order valence-corrected chi connectivity index (χ4v) is 2.42. The molecule has 0 bridgehead atoms. The van der Waals surface area contributed by atoms with Crippen LogP contribution in [-0.4, -0.2) is 23.3 Å². The van der Waals surface area contributed by atoms with Crippen molar-refractivity contribution in [3.8, 4) is 0 Å². The fraction of sp³-hybridized carbons (Fsp3) is 0.188. The number of anilines is 2. The van der Waals surface area contributed by atoms with Gasteiger partial charge in [-0.2, -0.15) is 0 Å². The molecule has 0 aliphatic carbocycles. The minimum Gasteiger partial charge on any atom is -0.312 e. The summed E-state index contributed by atoms with van der Waals surface area (Å²) in [7, 11) is 0. The second-order valence-electron chi connectivity index (χ2n) is 5.14. The smallest absolute Gasteiger partial charge is 0.256 e. The molecule has 1 aromatic carbocycles. The van der Waals surface area contributed by atoms with Gasteiger partial charge in [-0.3, -0.25) is 9.59 Å². The number of aromatic nitrogens is 1. The van der Waals surface area contributed by atoms with E-state index in [0.717, 1.165) is 12.6 Å². The first-order valence-corrected chi connectivity index (χ1v) is 7.07. The van der Waals surface area contributed by atoms with Crippen molar-refractivity contribution in [3.05, 3.63) is 53.7 Å². The molecule has 0 saturated carbocycles. The Hall–Kier alpha value is -2.83. The zero-order valence-corrected chi connectivity index (χ0v) is 12.1. The van der Waals surface area contributed by atoms with E-state index in [1.54, 1.807) is 29.2 Å². The standard InChI is InChI=1S/C16H13F2N3O2/c17-11-8-13(18)15(19-9-11)20-16(23)10-3-1-4-12(7-10)21-6-2-5-14(21)22/h1,3-4,7-9H,2,5-6H2,(H,19,20,23). The van der Waals surface area contributed by atoms with E-state index >= 15 is 0 Å². The van der Waals surface area contributed by atoms with Crippen LogP contribution in [0.2, 0.25) is 0 Å². The zero-order valence-electron chi connectivity index (χ0n) is 12.1. The largest absolute Gasteiger partial charge is 0.312 e. The van der Waals surface area contributed by atoms with Gasteiger partial charge in [-0.1, -0.05) is 6.07 Å². The Morgan fingerprint density at radius 1 is 1.26 bits per heavy atom. The number of nitrogens with zero attached hydrogens (tertiary/aromatic N) is 2. The maximum atomic E-state index is 13.5. The Kier molecular flexibility index (Phi) is 4.01. The Balaban J connectivity index is 1.81. The highest BCUT2D eigenvalue weighted by atomic mass is 19.1. The highest BCUT2D eigenvalue weighted by Gasteiger charge is 2.22. The summed E-state index contributed by atoms with van der Waals surface area (Å²) in [6.07, 6.45) is 2.08. The van der Waals surface area contributed by atoms with Gasteiger partial charge in [-0.15, -0.1) is 0 Å². The summed E-state index contributed by atoms with van der Waals surface area (Å²) in [4.78, 5) is 29.1. The number of hydrogen-bond acceptors (Lipinski definition) is 3. The van der Waals surface area contributed by atoms with Gasteiger partial charge >= 0.3 is 0 Å². The van der Waals surface area contributed by atoms with Crippen molar-refractivity contribution in [3.63, 3.8) is 0 Å². The van der Waals surface area contributed by atoms with E-state index in [2.05, 4.69) is 10.3 Å². The molecule has 2 heterocycles. The SMILES string of the molecule is O=C(Nc1ncc(F)cc1F)c1cccc(N2CCCC2=O)c1. The van der Waals surface area contributed by atoms with Crippen LogP contribution < -0.4 is 10.2 Å². The van der Waals surface area contributed by atoms with Crippen LogP contribution >= 0.6 is 0 Å². The molecule has 1 fully saturated rings. The molecule has 5 nitrogen and oxygen atoms in total. The van der Waals surface area contributed by atoms with E-state index in [1.165, 1.54) is 0 Å². The van der Waals surface area contributed by atoms with Gasteiger partial charge in [0.1, 0.15) is 5.82 Å². The van der Waals surface area contributed by atoms with Crippen LogP contribution in [0.15, 0.2) is 36.5 Å². The lowest BCUT2D eigenvalue weighted by atomic mass is 10.1. The van der Waals surface area contributed by atoms with Gasteiger partial charge in [-0.05, 0) is 24.6 Å². The summed E-state index contributed by atoms with van der Waals surface area (Å²) >= 11 is 0. The van der Waals surface area contributed by atoms with Gasteiger partial charge in [0.25, 0.3) is 5.91 Å². The van der Waals surface area contributed by atoms with Crippen molar-refractivity contribution in [2.75, 3.05) is 16.8 Å². The first kappa shape index (κ1) is 15.1. The normalized spacial score (nSPS) is 14.2. The summed E-state index contributed by atoms with van der Waals surface area (Å²) in [5.41, 5.74) is 0.875. The van der Waals surface area contributed by atoms with Crippen molar-refractivity contribution < 1.29 is 18.4 Å². The molecule has 7 heteroatoms. The quantitative estimate of drug-likeness (QED) is 0.947. The molecule has 118 valence electrons. The molecule has 2 amide bonds. The van der Waals surface area contributed by atoms with E-state index < -0.39 is 17.5 Å². The van der Waals surface area contributed by atoms with Gasteiger partial charge in [0.05, 0.1) is 6.20 Å². The van der Waals surface area contributed by atoms with Gasteiger partial charge in [0.15, 0.2) is 11.6 Å². The van der Waals surface area contributed by atoms with Crippen LogP contribution in [0.3, 0.4) is 0 Å². The van der Waals surface area contributed by atoms with E-state index in [4.69, 9.17) is 0 Å². The third-order valence-electron chi connectivity index (χ3n) is 3.53.